The average molecular weight is 284 g/mol. The first-order valence-corrected chi connectivity index (χ1v) is 6.84. The third-order valence-corrected chi connectivity index (χ3v) is 3.47. The van der Waals surface area contributed by atoms with Crippen LogP contribution in [-0.2, 0) is 4.79 Å². The number of hydrogen-bond acceptors (Lipinski definition) is 3. The number of ether oxygens (including phenoxy) is 1. The van der Waals surface area contributed by atoms with E-state index in [-0.39, 0.29) is 12.5 Å². The van der Waals surface area contributed by atoms with Crippen molar-refractivity contribution < 1.29 is 14.6 Å². The van der Waals surface area contributed by atoms with Crippen molar-refractivity contribution in [2.45, 2.75) is 25.9 Å². The van der Waals surface area contributed by atoms with Gasteiger partial charge in [0.05, 0.1) is 6.10 Å². The maximum Gasteiger partial charge on any atom is 0.260 e. The van der Waals surface area contributed by atoms with Gasteiger partial charge in [0.25, 0.3) is 5.91 Å². The standard InChI is InChI=1S/C14H18ClNO3/c1-10(17)12-8-11(15)4-5-13(12)19-9-14(18)16-6-2-3-7-16/h4-5,8,10,17H,2-3,6-7,9H2,1H3. The Morgan fingerprint density at radius 1 is 1.47 bits per heavy atom. The summed E-state index contributed by atoms with van der Waals surface area (Å²) in [5.41, 5.74) is 0.599. The lowest BCUT2D eigenvalue weighted by Gasteiger charge is -2.17. The number of benzene rings is 1. The highest BCUT2D eigenvalue weighted by molar-refractivity contribution is 6.30. The van der Waals surface area contributed by atoms with Crippen LogP contribution in [0.2, 0.25) is 5.02 Å². The van der Waals surface area contributed by atoms with Crippen molar-refractivity contribution in [1.29, 1.82) is 0 Å². The lowest BCUT2D eigenvalue weighted by Crippen LogP contribution is -2.32. The summed E-state index contributed by atoms with van der Waals surface area (Å²) in [4.78, 5) is 13.7. The Labute approximate surface area is 117 Å². The maximum absolute atomic E-state index is 11.9. The average Bonchev–Trinajstić information content (AvgIpc) is 2.90. The molecule has 1 N–H and O–H groups in total. The minimum atomic E-state index is -0.685. The van der Waals surface area contributed by atoms with Gasteiger partial charge in [-0.25, -0.2) is 0 Å². The zero-order valence-electron chi connectivity index (χ0n) is 10.9. The van der Waals surface area contributed by atoms with Crippen molar-refractivity contribution in [3.8, 4) is 5.75 Å². The van der Waals surface area contributed by atoms with Gasteiger partial charge in [0.15, 0.2) is 6.61 Å². The number of hydrogen-bond donors (Lipinski definition) is 1. The molecule has 4 nitrogen and oxygen atoms in total. The zero-order chi connectivity index (χ0) is 13.8. The Morgan fingerprint density at radius 2 is 2.16 bits per heavy atom. The fourth-order valence-electron chi connectivity index (χ4n) is 2.17. The normalized spacial score (nSPS) is 16.5. The lowest BCUT2D eigenvalue weighted by molar-refractivity contribution is -0.132. The quantitative estimate of drug-likeness (QED) is 0.923. The first-order valence-electron chi connectivity index (χ1n) is 6.46. The fourth-order valence-corrected chi connectivity index (χ4v) is 2.36. The molecule has 1 saturated heterocycles. The van der Waals surface area contributed by atoms with Crippen LogP contribution in [0.1, 0.15) is 31.4 Å². The van der Waals surface area contributed by atoms with E-state index in [4.69, 9.17) is 16.3 Å². The van der Waals surface area contributed by atoms with Crippen LogP contribution in [0.5, 0.6) is 5.75 Å². The molecule has 5 heteroatoms. The summed E-state index contributed by atoms with van der Waals surface area (Å²) >= 11 is 5.89. The molecule has 1 fully saturated rings. The Hall–Kier alpha value is -1.26. The molecule has 104 valence electrons. The summed E-state index contributed by atoms with van der Waals surface area (Å²) in [5, 5.41) is 10.2. The number of aliphatic hydroxyl groups is 1. The number of halogens is 1. The van der Waals surface area contributed by atoms with Crippen molar-refractivity contribution in [3.05, 3.63) is 28.8 Å². The van der Waals surface area contributed by atoms with Crippen LogP contribution >= 0.6 is 11.6 Å². The molecule has 1 unspecified atom stereocenters. The van der Waals surface area contributed by atoms with E-state index in [0.717, 1.165) is 25.9 Å². The van der Waals surface area contributed by atoms with Crippen LogP contribution in [0.25, 0.3) is 0 Å². The predicted octanol–water partition coefficient (Wildman–Crippen LogP) is 2.39. The second-order valence-electron chi connectivity index (χ2n) is 4.73. The van der Waals surface area contributed by atoms with Crippen LogP contribution < -0.4 is 4.74 Å². The van der Waals surface area contributed by atoms with Gasteiger partial charge in [-0.05, 0) is 38.0 Å². The molecule has 1 heterocycles. The summed E-state index contributed by atoms with van der Waals surface area (Å²) in [6.45, 7) is 3.26. The minimum absolute atomic E-state index is 0.00134. The molecule has 0 aliphatic carbocycles. The van der Waals surface area contributed by atoms with Gasteiger partial charge in [-0.15, -0.1) is 0 Å². The van der Waals surface area contributed by atoms with Crippen LogP contribution in [0.3, 0.4) is 0 Å². The van der Waals surface area contributed by atoms with Gasteiger partial charge in [-0.2, -0.15) is 0 Å². The SMILES string of the molecule is CC(O)c1cc(Cl)ccc1OCC(=O)N1CCCC1. The largest absolute Gasteiger partial charge is 0.483 e. The summed E-state index contributed by atoms with van der Waals surface area (Å²) in [6, 6.07) is 5.02. The molecule has 0 spiro atoms. The van der Waals surface area contributed by atoms with Crippen LogP contribution in [0.15, 0.2) is 18.2 Å². The number of amides is 1. The smallest absolute Gasteiger partial charge is 0.260 e. The Morgan fingerprint density at radius 3 is 2.79 bits per heavy atom. The van der Waals surface area contributed by atoms with Crippen molar-refractivity contribution in [2.75, 3.05) is 19.7 Å². The van der Waals surface area contributed by atoms with Crippen LogP contribution in [-0.4, -0.2) is 35.6 Å². The van der Waals surface area contributed by atoms with E-state index in [2.05, 4.69) is 0 Å². The monoisotopic (exact) mass is 283 g/mol. The Balaban J connectivity index is 2.00. The van der Waals surface area contributed by atoms with Gasteiger partial charge in [-0.1, -0.05) is 11.6 Å². The number of rotatable bonds is 4. The number of carbonyl (C=O) groups is 1. The van der Waals surface area contributed by atoms with E-state index in [9.17, 15) is 9.90 Å². The van der Waals surface area contributed by atoms with Crippen LogP contribution in [0.4, 0.5) is 0 Å². The molecule has 0 aromatic heterocycles. The highest BCUT2D eigenvalue weighted by atomic mass is 35.5. The molecule has 19 heavy (non-hydrogen) atoms. The van der Waals surface area contributed by atoms with E-state index in [1.165, 1.54) is 0 Å². The molecule has 1 aromatic carbocycles. The third kappa shape index (κ3) is 3.61. The third-order valence-electron chi connectivity index (χ3n) is 3.23. The number of likely N-dealkylation sites (tertiary alicyclic amines) is 1. The molecule has 0 radical (unpaired) electrons. The highest BCUT2D eigenvalue weighted by Crippen LogP contribution is 2.28. The molecule has 0 bridgehead atoms. The Kier molecular flexibility index (Phi) is 4.66. The summed E-state index contributed by atoms with van der Waals surface area (Å²) in [5.74, 6) is 0.496. The molecular weight excluding hydrogens is 266 g/mol. The molecule has 1 aliphatic heterocycles. The second-order valence-corrected chi connectivity index (χ2v) is 5.17. The summed E-state index contributed by atoms with van der Waals surface area (Å²) in [7, 11) is 0. The van der Waals surface area contributed by atoms with E-state index in [0.29, 0.717) is 16.3 Å². The van der Waals surface area contributed by atoms with E-state index >= 15 is 0 Å². The van der Waals surface area contributed by atoms with Gasteiger partial charge in [0, 0.05) is 23.7 Å². The van der Waals surface area contributed by atoms with Gasteiger partial charge in [0.2, 0.25) is 0 Å². The molecule has 1 aromatic rings. The van der Waals surface area contributed by atoms with E-state index < -0.39 is 6.10 Å². The van der Waals surface area contributed by atoms with Crippen LogP contribution in [0, 0.1) is 0 Å². The summed E-state index contributed by atoms with van der Waals surface area (Å²) < 4.78 is 5.52. The predicted molar refractivity (Wildman–Crippen MR) is 73.4 cm³/mol. The first-order chi connectivity index (χ1) is 9.08. The van der Waals surface area contributed by atoms with Crippen molar-refractivity contribution in [3.63, 3.8) is 0 Å². The Bertz CT molecular complexity index is 456. The molecule has 2 rings (SSSR count). The minimum Gasteiger partial charge on any atom is -0.483 e. The maximum atomic E-state index is 11.9. The zero-order valence-corrected chi connectivity index (χ0v) is 11.7. The first kappa shape index (κ1) is 14.2. The number of carbonyl (C=O) groups excluding carboxylic acids is 1. The van der Waals surface area contributed by atoms with Gasteiger partial charge in [-0.3, -0.25) is 4.79 Å². The summed E-state index contributed by atoms with van der Waals surface area (Å²) in [6.07, 6.45) is 1.44. The highest BCUT2D eigenvalue weighted by Gasteiger charge is 2.19. The van der Waals surface area contributed by atoms with Crippen molar-refractivity contribution >= 4 is 17.5 Å². The molecule has 1 atom stereocenters. The van der Waals surface area contributed by atoms with Gasteiger partial charge < -0.3 is 14.7 Å². The lowest BCUT2D eigenvalue weighted by atomic mass is 10.1. The van der Waals surface area contributed by atoms with Gasteiger partial charge in [0.1, 0.15) is 5.75 Å². The number of nitrogens with zero attached hydrogens (tertiary/aromatic N) is 1. The second kappa shape index (κ2) is 6.26. The number of aliphatic hydroxyl groups excluding tert-OH is 1. The van der Waals surface area contributed by atoms with Gasteiger partial charge >= 0.3 is 0 Å². The molecular formula is C14H18ClNO3. The fraction of sp³-hybridized carbons (Fsp3) is 0.500. The molecule has 0 saturated carbocycles. The molecule has 1 aliphatic rings. The van der Waals surface area contributed by atoms with Crippen molar-refractivity contribution in [1.82, 2.24) is 4.90 Å². The van der Waals surface area contributed by atoms with E-state index in [1.54, 1.807) is 30.0 Å². The topological polar surface area (TPSA) is 49.8 Å². The molecule has 1 amide bonds. The van der Waals surface area contributed by atoms with E-state index in [1.807, 2.05) is 0 Å². The van der Waals surface area contributed by atoms with Crippen molar-refractivity contribution in [2.24, 2.45) is 0 Å².